The maximum Gasteiger partial charge on any atom is 0.338 e. The van der Waals surface area contributed by atoms with Gasteiger partial charge in [0.2, 0.25) is 0 Å². The smallest absolute Gasteiger partial charge is 0.338 e. The van der Waals surface area contributed by atoms with Gasteiger partial charge in [-0.3, -0.25) is 9.59 Å². The Morgan fingerprint density at radius 3 is 2.28 bits per heavy atom. The predicted octanol–water partition coefficient (Wildman–Crippen LogP) is -0.00840. The van der Waals surface area contributed by atoms with Crippen molar-refractivity contribution in [1.29, 1.82) is 0 Å². The van der Waals surface area contributed by atoms with Gasteiger partial charge in [-0.25, -0.2) is 13.2 Å². The zero-order valence-electron chi connectivity index (χ0n) is 18.3. The number of anilines is 1. The first-order valence-electron chi connectivity index (χ1n) is 10.3. The Morgan fingerprint density at radius 2 is 1.72 bits per heavy atom. The maximum atomic E-state index is 12.9. The van der Waals surface area contributed by atoms with Gasteiger partial charge in [-0.2, -0.15) is 0 Å². The van der Waals surface area contributed by atoms with Gasteiger partial charge >= 0.3 is 5.97 Å². The summed E-state index contributed by atoms with van der Waals surface area (Å²) in [6.07, 6.45) is -3.16. The van der Waals surface area contributed by atoms with E-state index < -0.39 is 39.5 Å². The van der Waals surface area contributed by atoms with Gasteiger partial charge in [-0.05, 0) is 45.0 Å². The van der Waals surface area contributed by atoms with Gasteiger partial charge in [-0.1, -0.05) is 0 Å². The van der Waals surface area contributed by atoms with Crippen LogP contribution < -0.4 is 4.90 Å². The van der Waals surface area contributed by atoms with Crippen molar-refractivity contribution in [1.82, 2.24) is 4.90 Å². The molecular formula is C21H28N2O8S. The van der Waals surface area contributed by atoms with Gasteiger partial charge in [0, 0.05) is 30.9 Å². The van der Waals surface area contributed by atoms with Crippen molar-refractivity contribution in [2.45, 2.75) is 38.6 Å². The fourth-order valence-corrected chi connectivity index (χ4v) is 4.66. The topological polar surface area (TPSA) is 131 Å². The van der Waals surface area contributed by atoms with Crippen molar-refractivity contribution in [3.05, 3.63) is 29.8 Å². The lowest BCUT2D eigenvalue weighted by Gasteiger charge is -2.34. The number of benzene rings is 1. The van der Waals surface area contributed by atoms with Crippen LogP contribution in [0.2, 0.25) is 0 Å². The summed E-state index contributed by atoms with van der Waals surface area (Å²) in [5.41, 5.74) is 0.0349. The van der Waals surface area contributed by atoms with Crippen LogP contribution in [0.3, 0.4) is 0 Å². The SMILES string of the molecule is CC(C)(C)OC(=O)[C@H](O)[C@H]1OCCN(c2ccc(C(=O)N3CCS(=O)(=O)CC3)cc2)C1=O. The number of ether oxygens (including phenoxy) is 2. The number of amides is 2. The number of hydrogen-bond donors (Lipinski definition) is 1. The van der Waals surface area contributed by atoms with Crippen LogP contribution in [0.5, 0.6) is 0 Å². The molecule has 2 aliphatic heterocycles. The summed E-state index contributed by atoms with van der Waals surface area (Å²) in [7, 11) is -3.09. The summed E-state index contributed by atoms with van der Waals surface area (Å²) in [5, 5.41) is 10.3. The number of nitrogens with zero attached hydrogens (tertiary/aromatic N) is 2. The minimum Gasteiger partial charge on any atom is -0.458 e. The van der Waals surface area contributed by atoms with Crippen LogP contribution >= 0.6 is 0 Å². The molecular weight excluding hydrogens is 440 g/mol. The number of hydrogen-bond acceptors (Lipinski definition) is 8. The number of aliphatic hydroxyl groups is 1. The van der Waals surface area contributed by atoms with Gasteiger partial charge in [-0.15, -0.1) is 0 Å². The Kier molecular flexibility index (Phi) is 6.91. The lowest BCUT2D eigenvalue weighted by Crippen LogP contribution is -2.55. The van der Waals surface area contributed by atoms with Crippen LogP contribution in [0.15, 0.2) is 24.3 Å². The van der Waals surface area contributed by atoms with Crippen molar-refractivity contribution >= 4 is 33.3 Å². The predicted molar refractivity (Wildman–Crippen MR) is 115 cm³/mol. The van der Waals surface area contributed by atoms with E-state index in [1.54, 1.807) is 45.0 Å². The molecule has 0 aromatic heterocycles. The number of aliphatic hydroxyl groups excluding tert-OH is 1. The molecule has 176 valence electrons. The van der Waals surface area contributed by atoms with Crippen LogP contribution in [-0.4, -0.2) is 91.8 Å². The monoisotopic (exact) mass is 468 g/mol. The first-order valence-corrected chi connectivity index (χ1v) is 12.1. The standard InChI is InChI=1S/C21H28N2O8S/c1-21(2,3)31-20(27)16(24)17-19(26)23(8-11-30-17)15-6-4-14(5-7-15)18(25)22-9-12-32(28,29)13-10-22/h4-7,16-17,24H,8-13H2,1-3H3/t16-,17-/m1/s1. The van der Waals surface area contributed by atoms with Crippen molar-refractivity contribution in [3.8, 4) is 0 Å². The molecule has 0 spiro atoms. The Bertz CT molecular complexity index is 970. The summed E-state index contributed by atoms with van der Waals surface area (Å²) < 4.78 is 33.6. The molecule has 3 rings (SSSR count). The summed E-state index contributed by atoms with van der Waals surface area (Å²) in [6, 6.07) is 6.30. The molecule has 0 aliphatic carbocycles. The first-order chi connectivity index (χ1) is 14.9. The fourth-order valence-electron chi connectivity index (χ4n) is 3.46. The van der Waals surface area contributed by atoms with Gasteiger partial charge < -0.3 is 24.4 Å². The van der Waals surface area contributed by atoms with E-state index in [1.807, 2.05) is 0 Å². The third-order valence-corrected chi connectivity index (χ3v) is 6.72. The molecule has 11 heteroatoms. The van der Waals surface area contributed by atoms with Crippen LogP contribution in [-0.2, 0) is 28.9 Å². The quantitative estimate of drug-likeness (QED) is 0.611. The molecule has 0 radical (unpaired) electrons. The third kappa shape index (κ3) is 5.64. The highest BCUT2D eigenvalue weighted by atomic mass is 32.2. The van der Waals surface area contributed by atoms with Crippen molar-refractivity contribution in [2.24, 2.45) is 0 Å². The molecule has 0 saturated carbocycles. The molecule has 1 aromatic carbocycles. The number of carbonyl (C=O) groups is 3. The average molecular weight is 469 g/mol. The number of sulfone groups is 1. The first kappa shape index (κ1) is 24.1. The zero-order chi connectivity index (χ0) is 23.7. The highest BCUT2D eigenvalue weighted by Gasteiger charge is 2.41. The largest absolute Gasteiger partial charge is 0.458 e. The molecule has 1 N–H and O–H groups in total. The number of rotatable bonds is 4. The van der Waals surface area contributed by atoms with Crippen molar-refractivity contribution in [3.63, 3.8) is 0 Å². The van der Waals surface area contributed by atoms with Crippen molar-refractivity contribution < 1.29 is 37.4 Å². The highest BCUT2D eigenvalue weighted by molar-refractivity contribution is 7.91. The summed E-state index contributed by atoms with van der Waals surface area (Å²) in [4.78, 5) is 40.5. The normalized spacial score (nSPS) is 22.4. The van der Waals surface area contributed by atoms with Crippen LogP contribution in [0.1, 0.15) is 31.1 Å². The molecule has 2 amide bonds. The van der Waals surface area contributed by atoms with Gasteiger partial charge in [0.05, 0.1) is 18.1 Å². The molecule has 2 saturated heterocycles. The minimum atomic E-state index is -3.09. The molecule has 2 aliphatic rings. The second kappa shape index (κ2) is 9.16. The van der Waals surface area contributed by atoms with E-state index in [0.29, 0.717) is 11.3 Å². The highest BCUT2D eigenvalue weighted by Crippen LogP contribution is 2.23. The molecule has 0 unspecified atom stereocenters. The maximum absolute atomic E-state index is 12.9. The summed E-state index contributed by atoms with van der Waals surface area (Å²) >= 11 is 0. The number of esters is 1. The zero-order valence-corrected chi connectivity index (χ0v) is 19.1. The molecule has 2 fully saturated rings. The Balaban J connectivity index is 1.68. The lowest BCUT2D eigenvalue weighted by molar-refractivity contribution is -0.177. The van der Waals surface area contributed by atoms with Crippen molar-refractivity contribution in [2.75, 3.05) is 42.6 Å². The second-order valence-corrected chi connectivity index (χ2v) is 11.1. The third-order valence-electron chi connectivity index (χ3n) is 5.11. The molecule has 0 bridgehead atoms. The van der Waals surface area contributed by atoms with E-state index in [0.717, 1.165) is 0 Å². The average Bonchev–Trinajstić information content (AvgIpc) is 2.72. The lowest BCUT2D eigenvalue weighted by atomic mass is 10.1. The van der Waals surface area contributed by atoms with E-state index in [4.69, 9.17) is 9.47 Å². The second-order valence-electron chi connectivity index (χ2n) is 8.75. The Hall–Kier alpha value is -2.50. The number of carbonyl (C=O) groups excluding carboxylic acids is 3. The Morgan fingerprint density at radius 1 is 1.12 bits per heavy atom. The summed E-state index contributed by atoms with van der Waals surface area (Å²) in [5.74, 6) is -1.92. The van der Waals surface area contributed by atoms with E-state index >= 15 is 0 Å². The van der Waals surface area contributed by atoms with E-state index in [1.165, 1.54) is 9.80 Å². The van der Waals surface area contributed by atoms with Crippen LogP contribution in [0, 0.1) is 0 Å². The fraction of sp³-hybridized carbons (Fsp3) is 0.571. The summed E-state index contributed by atoms with van der Waals surface area (Å²) in [6.45, 7) is 5.58. The van der Waals surface area contributed by atoms with Gasteiger partial charge in [0.25, 0.3) is 11.8 Å². The molecule has 10 nitrogen and oxygen atoms in total. The molecule has 1 aromatic rings. The number of morpholine rings is 1. The van der Waals surface area contributed by atoms with Gasteiger partial charge in [0.15, 0.2) is 22.0 Å². The van der Waals surface area contributed by atoms with Gasteiger partial charge in [0.1, 0.15) is 5.60 Å². The van der Waals surface area contributed by atoms with E-state index in [-0.39, 0.29) is 43.7 Å². The molecule has 32 heavy (non-hydrogen) atoms. The molecule has 2 atom stereocenters. The minimum absolute atomic E-state index is 0.0551. The van der Waals surface area contributed by atoms with E-state index in [2.05, 4.69) is 0 Å². The van der Waals surface area contributed by atoms with Crippen LogP contribution in [0.25, 0.3) is 0 Å². The van der Waals surface area contributed by atoms with E-state index in [9.17, 15) is 27.9 Å². The van der Waals surface area contributed by atoms with Crippen LogP contribution in [0.4, 0.5) is 5.69 Å². The Labute approximate surface area is 187 Å². The molecule has 2 heterocycles.